The molecule has 1 fully saturated rings. The van der Waals surface area contributed by atoms with E-state index in [1.54, 1.807) is 34.5 Å². The Balaban J connectivity index is 1.21. The minimum absolute atomic E-state index is 0.147. The third-order valence-corrected chi connectivity index (χ3v) is 11.2. The molecule has 6 rings (SSSR count). The van der Waals surface area contributed by atoms with Crippen LogP contribution in [-0.2, 0) is 19.5 Å². The molecule has 5 aromatic carbocycles. The first kappa shape index (κ1) is 40.6. The highest BCUT2D eigenvalue weighted by Crippen LogP contribution is 2.41. The molecule has 1 atom stereocenters. The van der Waals surface area contributed by atoms with Crippen molar-refractivity contribution >= 4 is 5.69 Å². The van der Waals surface area contributed by atoms with Crippen LogP contribution in [0.4, 0.5) is 14.5 Å². The molecular formula is C48H56F2N2O4. The molecular weight excluding hydrogens is 707 g/mol. The number of hydrogen-bond acceptors (Lipinski definition) is 6. The number of halogens is 2. The first-order valence-electron chi connectivity index (χ1n) is 19.8. The Morgan fingerprint density at radius 1 is 0.679 bits per heavy atom. The van der Waals surface area contributed by atoms with E-state index in [9.17, 15) is 8.78 Å². The van der Waals surface area contributed by atoms with Crippen LogP contribution in [0.15, 0.2) is 91.0 Å². The van der Waals surface area contributed by atoms with Crippen molar-refractivity contribution in [3.05, 3.63) is 125 Å². The molecule has 1 unspecified atom stereocenters. The Labute approximate surface area is 332 Å². The van der Waals surface area contributed by atoms with Gasteiger partial charge in [0, 0.05) is 49.5 Å². The average Bonchev–Trinajstić information content (AvgIpc) is 3.23. The smallest absolute Gasteiger partial charge is 0.164 e. The molecule has 0 aliphatic carbocycles. The summed E-state index contributed by atoms with van der Waals surface area (Å²) in [5.74, 6) is 1.67. The van der Waals surface area contributed by atoms with Gasteiger partial charge in [-0.15, -0.1) is 0 Å². The Bertz CT molecular complexity index is 2090. The third kappa shape index (κ3) is 9.13. The van der Waals surface area contributed by atoms with Crippen molar-refractivity contribution in [1.29, 1.82) is 0 Å². The molecule has 0 spiro atoms. The SMILES string of the molecule is CCCc1cc(-c2cccc(CN(c3ccc(F)c(F)c3)C3CCN(Cc4cccc(-c5cc(OC)c(OC)c(C(C)CC)c5)c4)CC3)c2)cc(OC)c1OC. The number of likely N-dealkylation sites (tertiary alicyclic amines) is 1. The van der Waals surface area contributed by atoms with Crippen molar-refractivity contribution in [3.63, 3.8) is 0 Å². The molecule has 1 heterocycles. The Morgan fingerprint density at radius 3 is 1.91 bits per heavy atom. The zero-order valence-corrected chi connectivity index (χ0v) is 34.0. The summed E-state index contributed by atoms with van der Waals surface area (Å²) in [5.41, 5.74) is 9.63. The van der Waals surface area contributed by atoms with Crippen LogP contribution in [0.25, 0.3) is 22.3 Å². The number of anilines is 1. The number of aryl methyl sites for hydroxylation is 1. The van der Waals surface area contributed by atoms with Crippen LogP contribution in [0.1, 0.15) is 74.6 Å². The van der Waals surface area contributed by atoms with Gasteiger partial charge in [0.15, 0.2) is 34.6 Å². The predicted octanol–water partition coefficient (Wildman–Crippen LogP) is 11.5. The van der Waals surface area contributed by atoms with E-state index >= 15 is 0 Å². The molecule has 6 nitrogen and oxygen atoms in total. The van der Waals surface area contributed by atoms with Crippen LogP contribution in [-0.4, -0.2) is 52.5 Å². The second kappa shape index (κ2) is 18.7. The highest BCUT2D eigenvalue weighted by atomic mass is 19.2. The van der Waals surface area contributed by atoms with Crippen LogP contribution >= 0.6 is 0 Å². The van der Waals surface area contributed by atoms with E-state index in [4.69, 9.17) is 18.9 Å². The fourth-order valence-electron chi connectivity index (χ4n) is 8.05. The highest BCUT2D eigenvalue weighted by molar-refractivity contribution is 5.71. The maximum Gasteiger partial charge on any atom is 0.164 e. The van der Waals surface area contributed by atoms with E-state index < -0.39 is 11.6 Å². The molecule has 0 radical (unpaired) electrons. The molecule has 296 valence electrons. The van der Waals surface area contributed by atoms with Gasteiger partial charge in [-0.05, 0) is 119 Å². The van der Waals surface area contributed by atoms with Gasteiger partial charge in [-0.3, -0.25) is 4.90 Å². The van der Waals surface area contributed by atoms with E-state index in [0.717, 1.165) is 108 Å². The van der Waals surface area contributed by atoms with Crippen LogP contribution in [0.2, 0.25) is 0 Å². The minimum atomic E-state index is -0.840. The summed E-state index contributed by atoms with van der Waals surface area (Å²) in [5, 5.41) is 0. The molecule has 8 heteroatoms. The molecule has 0 aromatic heterocycles. The molecule has 56 heavy (non-hydrogen) atoms. The number of hydrogen-bond donors (Lipinski definition) is 0. The van der Waals surface area contributed by atoms with Crippen LogP contribution in [0, 0.1) is 11.6 Å². The molecule has 0 N–H and O–H groups in total. The van der Waals surface area contributed by atoms with Crippen LogP contribution < -0.4 is 23.8 Å². The van der Waals surface area contributed by atoms with Crippen molar-refractivity contribution in [1.82, 2.24) is 4.90 Å². The van der Waals surface area contributed by atoms with Crippen LogP contribution in [0.3, 0.4) is 0 Å². The summed E-state index contributed by atoms with van der Waals surface area (Å²) in [6.45, 7) is 9.71. The molecule has 0 saturated carbocycles. The fraction of sp³-hybridized carbons (Fsp3) is 0.375. The van der Waals surface area contributed by atoms with E-state index in [0.29, 0.717) is 23.9 Å². The van der Waals surface area contributed by atoms with Gasteiger partial charge < -0.3 is 23.8 Å². The van der Waals surface area contributed by atoms with E-state index in [1.807, 2.05) is 6.07 Å². The van der Waals surface area contributed by atoms with Gasteiger partial charge in [0.05, 0.1) is 28.4 Å². The summed E-state index contributed by atoms with van der Waals surface area (Å²) in [7, 11) is 6.73. The van der Waals surface area contributed by atoms with Crippen molar-refractivity contribution in [2.24, 2.45) is 0 Å². The van der Waals surface area contributed by atoms with E-state index in [1.165, 1.54) is 17.7 Å². The second-order valence-corrected chi connectivity index (χ2v) is 14.9. The molecule has 0 bridgehead atoms. The lowest BCUT2D eigenvalue weighted by Crippen LogP contribution is -2.44. The minimum Gasteiger partial charge on any atom is -0.493 e. The monoisotopic (exact) mass is 762 g/mol. The predicted molar refractivity (Wildman–Crippen MR) is 224 cm³/mol. The normalized spacial score (nSPS) is 14.0. The van der Waals surface area contributed by atoms with Crippen LogP contribution in [0.5, 0.6) is 23.0 Å². The second-order valence-electron chi connectivity index (χ2n) is 14.9. The lowest BCUT2D eigenvalue weighted by atomic mass is 9.92. The fourth-order valence-corrected chi connectivity index (χ4v) is 8.05. The Morgan fingerprint density at radius 2 is 1.30 bits per heavy atom. The summed E-state index contributed by atoms with van der Waals surface area (Å²) < 4.78 is 51.9. The molecule has 1 aliphatic heterocycles. The summed E-state index contributed by atoms with van der Waals surface area (Å²) >= 11 is 0. The van der Waals surface area contributed by atoms with Crippen molar-refractivity contribution in [2.75, 3.05) is 46.4 Å². The lowest BCUT2D eigenvalue weighted by molar-refractivity contribution is 0.201. The molecule has 5 aromatic rings. The van der Waals surface area contributed by atoms with Crippen molar-refractivity contribution in [2.45, 2.75) is 77.9 Å². The topological polar surface area (TPSA) is 43.4 Å². The maximum atomic E-state index is 14.7. The molecule has 1 aliphatic rings. The summed E-state index contributed by atoms with van der Waals surface area (Å²) in [4.78, 5) is 4.74. The quantitative estimate of drug-likeness (QED) is 0.0997. The molecule has 1 saturated heterocycles. The molecule has 0 amide bonds. The van der Waals surface area contributed by atoms with Crippen molar-refractivity contribution in [3.8, 4) is 45.3 Å². The first-order valence-corrected chi connectivity index (χ1v) is 19.8. The van der Waals surface area contributed by atoms with E-state index in [2.05, 4.69) is 97.3 Å². The zero-order valence-electron chi connectivity index (χ0n) is 34.0. The summed E-state index contributed by atoms with van der Waals surface area (Å²) in [6.07, 6.45) is 4.64. The van der Waals surface area contributed by atoms with Gasteiger partial charge >= 0.3 is 0 Å². The van der Waals surface area contributed by atoms with Gasteiger partial charge in [-0.25, -0.2) is 8.78 Å². The van der Waals surface area contributed by atoms with Gasteiger partial charge in [0.25, 0.3) is 0 Å². The number of nitrogens with zero attached hydrogens (tertiary/aromatic N) is 2. The van der Waals surface area contributed by atoms with Gasteiger partial charge in [0.1, 0.15) is 0 Å². The lowest BCUT2D eigenvalue weighted by Gasteiger charge is -2.40. The van der Waals surface area contributed by atoms with Gasteiger partial charge in [0.2, 0.25) is 0 Å². The number of rotatable bonds is 16. The highest BCUT2D eigenvalue weighted by Gasteiger charge is 2.27. The maximum absolute atomic E-state index is 14.7. The number of ether oxygens (including phenoxy) is 4. The standard InChI is InChI=1S/C48H56F2N2O4/c1-8-12-37-25-38(27-45(53-4)47(37)55-6)35-15-11-14-34(24-35)31-52(41-17-18-43(49)44(50)29-41)40-19-21-51(22-20-40)30-33-13-10-16-36(23-33)39-26-42(32(3)9-2)48(56-7)46(28-39)54-5/h10-11,13-18,23-29,32,40H,8-9,12,19-22,30-31H2,1-7H3. The summed E-state index contributed by atoms with van der Waals surface area (Å²) in [6, 6.07) is 30.1. The largest absolute Gasteiger partial charge is 0.493 e. The third-order valence-electron chi connectivity index (χ3n) is 11.2. The van der Waals surface area contributed by atoms with E-state index in [-0.39, 0.29) is 6.04 Å². The Kier molecular flexibility index (Phi) is 13.6. The zero-order chi connectivity index (χ0) is 39.8. The van der Waals surface area contributed by atoms with Gasteiger partial charge in [-0.2, -0.15) is 0 Å². The number of benzene rings is 5. The Hall–Kier alpha value is -5.08. The number of piperidine rings is 1. The number of methoxy groups -OCH3 is 4. The van der Waals surface area contributed by atoms with Crippen molar-refractivity contribution < 1.29 is 27.7 Å². The first-order chi connectivity index (χ1) is 27.2. The van der Waals surface area contributed by atoms with Gasteiger partial charge in [-0.1, -0.05) is 63.6 Å². The average molecular weight is 763 g/mol.